The first-order valence-electron chi connectivity index (χ1n) is 26.3. The molecule has 444 valence electrons. The van der Waals surface area contributed by atoms with Crippen molar-refractivity contribution in [3.63, 3.8) is 0 Å². The number of hydrogen-bond donors (Lipinski definition) is 17. The van der Waals surface area contributed by atoms with E-state index in [9.17, 15) is 75.3 Å². The molecule has 0 bridgehead atoms. The number of para-hydroxylation sites is 5. The number of rotatable bonds is 14. The largest absolute Gasteiger partial charge is 0.508 e. The Labute approximate surface area is 501 Å². The first-order valence-corrected chi connectivity index (χ1v) is 26.3. The molecule has 0 aliphatic carbocycles. The van der Waals surface area contributed by atoms with Crippen LogP contribution in [0.4, 0.5) is 34.1 Å². The molecule has 0 radical (unpaired) electrons. The van der Waals surface area contributed by atoms with Crippen LogP contribution in [0.15, 0.2) is 207 Å². The Hall–Kier alpha value is -12.8. The molecule has 0 fully saturated rings. The molecule has 10 rings (SSSR count). The van der Waals surface area contributed by atoms with Crippen molar-refractivity contribution in [2.75, 3.05) is 31.9 Å². The summed E-state index contributed by atoms with van der Waals surface area (Å²) in [5.74, 6) is -5.79. The molecule has 0 unspecified atom stereocenters. The Morgan fingerprint density at radius 3 is 0.989 bits per heavy atom. The zero-order valence-electron chi connectivity index (χ0n) is 46.4. The van der Waals surface area contributed by atoms with Crippen LogP contribution in [0.25, 0.3) is 22.2 Å². The Bertz CT molecular complexity index is 4070. The highest BCUT2D eigenvalue weighted by Gasteiger charge is 2.20. The van der Waals surface area contributed by atoms with Gasteiger partial charge >= 0.3 is 0 Å². The normalized spacial score (nSPS) is 10.4. The second kappa shape index (κ2) is 27.1. The molecular formula is C67H56N6O15. The second-order valence-electron chi connectivity index (χ2n) is 19.2. The minimum absolute atomic E-state index is 0.0274. The minimum Gasteiger partial charge on any atom is -0.508 e. The lowest BCUT2D eigenvalue weighted by atomic mass is 10.0. The molecule has 0 saturated carbocycles. The van der Waals surface area contributed by atoms with Gasteiger partial charge in [-0.25, -0.2) is 0 Å². The van der Waals surface area contributed by atoms with E-state index < -0.39 is 46.6 Å². The maximum atomic E-state index is 12.7. The number of hydrogen-bond acceptors (Lipinski definition) is 17. The van der Waals surface area contributed by atoms with Crippen LogP contribution >= 0.6 is 0 Å². The number of anilines is 6. The SMILES string of the molecule is C=C(Nc1ccc(NC(=O)c2cccc(O)c2O)cc1)c1cccc(O)c1O.C=C(Nc1cccc2c(NC(=O)c3cccc(O)c3O)cccc12)c1cccc(O)c1O.Cc1c(O)cccc1C(=O)Nc1cccc(NC(=O)c2cccc(O)c2O)c1. The van der Waals surface area contributed by atoms with Crippen LogP contribution in [0, 0.1) is 6.92 Å². The molecule has 10 aromatic carbocycles. The molecule has 0 heterocycles. The Morgan fingerprint density at radius 1 is 0.284 bits per heavy atom. The van der Waals surface area contributed by atoms with Gasteiger partial charge in [0.2, 0.25) is 0 Å². The van der Waals surface area contributed by atoms with E-state index in [-0.39, 0.29) is 56.9 Å². The van der Waals surface area contributed by atoms with Crippen molar-refractivity contribution in [1.29, 1.82) is 0 Å². The summed E-state index contributed by atoms with van der Waals surface area (Å²) in [5.41, 5.74) is 5.21. The molecule has 21 nitrogen and oxygen atoms in total. The summed E-state index contributed by atoms with van der Waals surface area (Å²) in [6.45, 7) is 9.44. The van der Waals surface area contributed by atoms with E-state index in [0.717, 1.165) is 10.8 Å². The van der Waals surface area contributed by atoms with Gasteiger partial charge in [-0.3, -0.25) is 19.2 Å². The highest BCUT2D eigenvalue weighted by atomic mass is 16.3. The van der Waals surface area contributed by atoms with Gasteiger partial charge in [-0.05, 0) is 134 Å². The van der Waals surface area contributed by atoms with Crippen LogP contribution in [-0.2, 0) is 0 Å². The molecule has 21 heteroatoms. The van der Waals surface area contributed by atoms with E-state index in [2.05, 4.69) is 45.1 Å². The zero-order valence-corrected chi connectivity index (χ0v) is 46.4. The number of phenols is 11. The number of benzene rings is 10. The summed E-state index contributed by atoms with van der Waals surface area (Å²) in [7, 11) is 0. The molecule has 0 aliphatic heterocycles. The fourth-order valence-electron chi connectivity index (χ4n) is 8.66. The summed E-state index contributed by atoms with van der Waals surface area (Å²) < 4.78 is 0. The van der Waals surface area contributed by atoms with Crippen LogP contribution in [0.3, 0.4) is 0 Å². The van der Waals surface area contributed by atoms with Crippen LogP contribution < -0.4 is 31.9 Å². The van der Waals surface area contributed by atoms with Gasteiger partial charge in [0.05, 0.1) is 16.7 Å². The van der Waals surface area contributed by atoms with Gasteiger partial charge in [-0.2, -0.15) is 0 Å². The van der Waals surface area contributed by atoms with E-state index in [1.807, 2.05) is 18.2 Å². The Balaban J connectivity index is 0.000000172. The summed E-state index contributed by atoms with van der Waals surface area (Å²) in [6.07, 6.45) is 0. The van der Waals surface area contributed by atoms with Crippen molar-refractivity contribution in [3.8, 4) is 63.2 Å². The average molecular weight is 1190 g/mol. The van der Waals surface area contributed by atoms with Gasteiger partial charge in [-0.1, -0.05) is 79.9 Å². The fourth-order valence-corrected chi connectivity index (χ4v) is 8.66. The summed E-state index contributed by atoms with van der Waals surface area (Å²) in [5, 5.41) is 126. The van der Waals surface area contributed by atoms with Crippen LogP contribution in [0.1, 0.15) is 58.1 Å². The molecule has 88 heavy (non-hydrogen) atoms. The summed E-state index contributed by atoms with van der Waals surface area (Å²) in [4.78, 5) is 49.7. The monoisotopic (exact) mass is 1180 g/mol. The molecule has 0 aliphatic rings. The lowest BCUT2D eigenvalue weighted by Gasteiger charge is -2.16. The van der Waals surface area contributed by atoms with Crippen LogP contribution in [0.5, 0.6) is 63.2 Å². The molecular weight excluding hydrogens is 1130 g/mol. The third-order valence-corrected chi connectivity index (χ3v) is 13.3. The van der Waals surface area contributed by atoms with E-state index in [1.54, 1.807) is 110 Å². The third kappa shape index (κ3) is 14.3. The van der Waals surface area contributed by atoms with Gasteiger partial charge < -0.3 is 88.1 Å². The molecule has 0 spiro atoms. The van der Waals surface area contributed by atoms with Crippen molar-refractivity contribution in [3.05, 3.63) is 246 Å². The lowest BCUT2D eigenvalue weighted by molar-refractivity contribution is 0.101. The average Bonchev–Trinajstić information content (AvgIpc) is 1.61. The number of phenolic OH excluding ortho intramolecular Hbond substituents is 11. The molecule has 0 saturated heterocycles. The number of amides is 4. The maximum Gasteiger partial charge on any atom is 0.259 e. The minimum atomic E-state index is -0.610. The number of carbonyl (C=O) groups excluding carboxylic acids is 4. The first-order chi connectivity index (χ1) is 42.1. The molecule has 17 N–H and O–H groups in total. The van der Waals surface area contributed by atoms with E-state index >= 15 is 0 Å². The van der Waals surface area contributed by atoms with Gasteiger partial charge in [0.15, 0.2) is 57.5 Å². The molecule has 4 amide bonds. The van der Waals surface area contributed by atoms with E-state index in [4.69, 9.17) is 0 Å². The standard InChI is InChI=1S/C25H20N2O5.2C21H18N2O5/c1-14(15-6-4-12-21(28)23(15)30)26-19-10-2-8-17-16(19)7-3-11-20(17)27-25(32)18-9-5-13-22(29)24(18)31;1-12-15(7-3-9-17(12)24)20(27)22-13-5-2-6-14(11-13)23-21(28)16-8-4-10-18(25)19(16)26;1-12(15-4-2-6-17(24)19(15)26)22-13-8-10-14(11-9-13)23-21(28)16-5-3-7-18(25)20(16)27/h2-13,26,28-31H,1H2,(H,27,32);2-11,24-26H,1H3,(H,22,27)(H,23,28);2-11,22,24-27H,1H2,(H,23,28). The topological polar surface area (TPSA) is 363 Å². The van der Waals surface area contributed by atoms with Crippen molar-refractivity contribution in [1.82, 2.24) is 0 Å². The molecule has 0 atom stereocenters. The smallest absolute Gasteiger partial charge is 0.259 e. The van der Waals surface area contributed by atoms with E-state index in [1.165, 1.54) is 72.8 Å². The van der Waals surface area contributed by atoms with Crippen molar-refractivity contribution in [2.45, 2.75) is 6.92 Å². The third-order valence-electron chi connectivity index (χ3n) is 13.3. The number of carbonyl (C=O) groups is 4. The van der Waals surface area contributed by atoms with Crippen molar-refractivity contribution >= 4 is 79.9 Å². The highest BCUT2D eigenvalue weighted by molar-refractivity contribution is 6.13. The van der Waals surface area contributed by atoms with Crippen molar-refractivity contribution in [2.24, 2.45) is 0 Å². The quantitative estimate of drug-likeness (QED) is 0.0450. The van der Waals surface area contributed by atoms with E-state index in [0.29, 0.717) is 67.8 Å². The number of aromatic hydroxyl groups is 11. The maximum absolute atomic E-state index is 12.7. The molecule has 10 aromatic rings. The van der Waals surface area contributed by atoms with Crippen molar-refractivity contribution < 1.29 is 75.3 Å². The van der Waals surface area contributed by atoms with Gasteiger partial charge in [-0.15, -0.1) is 0 Å². The fraction of sp³-hybridized carbons (Fsp3) is 0.0149. The van der Waals surface area contributed by atoms with Crippen LogP contribution in [-0.4, -0.2) is 79.8 Å². The van der Waals surface area contributed by atoms with Gasteiger partial charge in [0, 0.05) is 78.5 Å². The van der Waals surface area contributed by atoms with Gasteiger partial charge in [0.25, 0.3) is 23.6 Å². The highest BCUT2D eigenvalue weighted by Crippen LogP contribution is 2.38. The Morgan fingerprint density at radius 2 is 0.568 bits per heavy atom. The lowest BCUT2D eigenvalue weighted by Crippen LogP contribution is -2.15. The summed E-state index contributed by atoms with van der Waals surface area (Å²) in [6, 6.07) is 50.1. The number of fused-ring (bicyclic) bond motifs is 1. The molecule has 0 aromatic heterocycles. The predicted octanol–water partition coefficient (Wildman–Crippen LogP) is 12.5. The van der Waals surface area contributed by atoms with Gasteiger partial charge in [0.1, 0.15) is 5.75 Å². The number of nitrogens with one attached hydrogen (secondary N) is 6. The Kier molecular flexibility index (Phi) is 18.9. The first kappa shape index (κ1) is 61.3. The predicted molar refractivity (Wildman–Crippen MR) is 336 cm³/mol. The summed E-state index contributed by atoms with van der Waals surface area (Å²) >= 11 is 0. The second-order valence-corrected chi connectivity index (χ2v) is 19.2. The van der Waals surface area contributed by atoms with Crippen LogP contribution in [0.2, 0.25) is 0 Å². The zero-order chi connectivity index (χ0) is 63.3.